The fourth-order valence-electron chi connectivity index (χ4n) is 3.91. The Balaban J connectivity index is 0.00000578. The molecule has 0 bridgehead atoms. The molecule has 1 saturated heterocycles. The van der Waals surface area contributed by atoms with Gasteiger partial charge in [-0.2, -0.15) is 11.8 Å². The highest BCUT2D eigenvalue weighted by Crippen LogP contribution is 2.25. The minimum atomic E-state index is -0.264. The average Bonchev–Trinajstić information content (AvgIpc) is 2.78. The molecule has 0 radical (unpaired) electrons. The molecule has 1 aromatic rings. The van der Waals surface area contributed by atoms with E-state index in [4.69, 9.17) is 9.72 Å². The van der Waals surface area contributed by atoms with Gasteiger partial charge in [-0.25, -0.2) is 9.97 Å². The van der Waals surface area contributed by atoms with Crippen molar-refractivity contribution in [2.75, 3.05) is 50.6 Å². The van der Waals surface area contributed by atoms with Crippen LogP contribution in [0, 0.1) is 11.8 Å². The van der Waals surface area contributed by atoms with Crippen molar-refractivity contribution >= 4 is 54.3 Å². The Morgan fingerprint density at radius 3 is 2.54 bits per heavy atom. The average molecular weight is 553 g/mol. The van der Waals surface area contributed by atoms with Gasteiger partial charge in [-0.1, -0.05) is 34.6 Å². The number of esters is 1. The van der Waals surface area contributed by atoms with Gasteiger partial charge in [0.15, 0.2) is 0 Å². The van der Waals surface area contributed by atoms with Gasteiger partial charge in [0, 0.05) is 43.8 Å². The van der Waals surface area contributed by atoms with Crippen molar-refractivity contribution in [2.24, 2.45) is 11.8 Å². The van der Waals surface area contributed by atoms with Gasteiger partial charge in [-0.15, -0.1) is 24.8 Å². The third-order valence-corrected chi connectivity index (χ3v) is 6.33. The number of methoxy groups -OCH3 is 1. The summed E-state index contributed by atoms with van der Waals surface area (Å²) in [4.78, 5) is 37.2. The Labute approximate surface area is 227 Å². The second-order valence-electron chi connectivity index (χ2n) is 10.1. The number of aromatic nitrogens is 2. The Morgan fingerprint density at radius 1 is 1.29 bits per heavy atom. The molecule has 0 aromatic carbocycles. The second-order valence-corrected chi connectivity index (χ2v) is 11.1. The molecule has 8 nitrogen and oxygen atoms in total. The predicted molar refractivity (Wildman–Crippen MR) is 149 cm³/mol. The van der Waals surface area contributed by atoms with E-state index in [9.17, 15) is 9.59 Å². The molecule has 0 saturated carbocycles. The molecule has 35 heavy (non-hydrogen) atoms. The fourth-order valence-corrected chi connectivity index (χ4v) is 4.34. The van der Waals surface area contributed by atoms with E-state index in [-0.39, 0.29) is 60.0 Å². The molecule has 0 spiro atoms. The van der Waals surface area contributed by atoms with Crippen molar-refractivity contribution in [2.45, 2.75) is 58.9 Å². The van der Waals surface area contributed by atoms with E-state index in [1.54, 1.807) is 18.0 Å². The molecule has 0 aliphatic carbocycles. The van der Waals surface area contributed by atoms with Crippen molar-refractivity contribution in [3.8, 4) is 0 Å². The highest BCUT2D eigenvalue weighted by atomic mass is 35.5. The van der Waals surface area contributed by atoms with Crippen LogP contribution < -0.4 is 10.6 Å². The Bertz CT molecular complexity index is 808. The van der Waals surface area contributed by atoms with Crippen molar-refractivity contribution in [3.05, 3.63) is 17.6 Å². The van der Waals surface area contributed by atoms with Gasteiger partial charge in [0.05, 0.1) is 13.0 Å². The maximum absolute atomic E-state index is 13.9. The summed E-state index contributed by atoms with van der Waals surface area (Å²) in [7, 11) is 1.41. The molecule has 2 rings (SSSR count). The second kappa shape index (κ2) is 15.7. The molecule has 2 atom stereocenters. The number of carbonyl (C=O) groups is 2. The zero-order valence-corrected chi connectivity index (χ0v) is 24.5. The maximum atomic E-state index is 13.9. The number of ether oxygens (including phenoxy) is 1. The number of carbonyl (C=O) groups excluding carboxylic acids is 2. The third-order valence-electron chi connectivity index (χ3n) is 5.63. The number of anilines is 1. The van der Waals surface area contributed by atoms with Crippen LogP contribution in [0.2, 0.25) is 0 Å². The smallest absolute Gasteiger partial charge is 0.310 e. The topological polar surface area (TPSA) is 96.5 Å². The summed E-state index contributed by atoms with van der Waals surface area (Å²) in [6.07, 6.45) is 5.30. The molecule has 1 aromatic heterocycles. The van der Waals surface area contributed by atoms with E-state index >= 15 is 0 Å². The summed E-state index contributed by atoms with van der Waals surface area (Å²) in [5.74, 6) is 2.00. The zero-order valence-electron chi connectivity index (χ0n) is 22.1. The number of nitrogens with one attached hydrogen (secondary N) is 2. The highest BCUT2D eigenvalue weighted by molar-refractivity contribution is 7.98. The van der Waals surface area contributed by atoms with Crippen LogP contribution in [0.1, 0.15) is 63.6 Å². The third kappa shape index (κ3) is 9.94. The molecular formula is C24H43Cl2N5O3S. The maximum Gasteiger partial charge on any atom is 0.310 e. The zero-order chi connectivity index (χ0) is 24.6. The van der Waals surface area contributed by atoms with Gasteiger partial charge in [-0.05, 0) is 30.8 Å². The number of hydrogen-bond acceptors (Lipinski definition) is 8. The first-order valence-corrected chi connectivity index (χ1v) is 13.2. The van der Waals surface area contributed by atoms with Crippen LogP contribution in [0.3, 0.4) is 0 Å². The van der Waals surface area contributed by atoms with Gasteiger partial charge in [0.2, 0.25) is 0 Å². The van der Waals surface area contributed by atoms with Gasteiger partial charge in [0.1, 0.15) is 17.2 Å². The number of nitrogens with zero attached hydrogens (tertiary/aromatic N) is 3. The van der Waals surface area contributed by atoms with E-state index in [2.05, 4.69) is 56.5 Å². The molecule has 11 heteroatoms. The Morgan fingerprint density at radius 2 is 1.97 bits per heavy atom. The summed E-state index contributed by atoms with van der Waals surface area (Å²) in [5, 5.41) is 6.70. The summed E-state index contributed by atoms with van der Waals surface area (Å²) >= 11 is 1.80. The van der Waals surface area contributed by atoms with Crippen LogP contribution in [0.5, 0.6) is 0 Å². The minimum absolute atomic E-state index is 0. The van der Waals surface area contributed by atoms with Crippen LogP contribution in [0.25, 0.3) is 0 Å². The Kier molecular flexibility index (Phi) is 15.2. The highest BCUT2D eigenvalue weighted by Gasteiger charge is 2.35. The monoisotopic (exact) mass is 551 g/mol. The lowest BCUT2D eigenvalue weighted by atomic mass is 9.93. The SMILES string of the molecule is COC(=O)[C@H]1CNC[C@@H](N(CC(C)C)C(=O)c2cnc(C(C)(C)C)nc2NCCCSC)C1.Cl.Cl. The summed E-state index contributed by atoms with van der Waals surface area (Å²) in [6, 6.07) is -0.107. The first-order valence-electron chi connectivity index (χ1n) is 11.8. The number of halogens is 2. The molecular weight excluding hydrogens is 509 g/mol. The lowest BCUT2D eigenvalue weighted by molar-refractivity contribution is -0.146. The molecule has 1 fully saturated rings. The minimum Gasteiger partial charge on any atom is -0.469 e. The van der Waals surface area contributed by atoms with E-state index in [0.29, 0.717) is 43.3 Å². The summed E-state index contributed by atoms with van der Waals surface area (Å²) < 4.78 is 4.96. The van der Waals surface area contributed by atoms with E-state index in [0.717, 1.165) is 18.7 Å². The van der Waals surface area contributed by atoms with Crippen LogP contribution in [0.4, 0.5) is 5.82 Å². The van der Waals surface area contributed by atoms with Crippen molar-refractivity contribution < 1.29 is 14.3 Å². The normalized spacial score (nSPS) is 17.7. The van der Waals surface area contributed by atoms with Crippen LogP contribution in [0.15, 0.2) is 6.20 Å². The molecule has 0 unspecified atom stereocenters. The molecule has 2 N–H and O–H groups in total. The largest absolute Gasteiger partial charge is 0.469 e. The van der Waals surface area contributed by atoms with Gasteiger partial charge < -0.3 is 20.3 Å². The lowest BCUT2D eigenvalue weighted by Crippen LogP contribution is -2.53. The molecule has 202 valence electrons. The number of amides is 1. The first-order chi connectivity index (χ1) is 15.6. The van der Waals surface area contributed by atoms with Crippen LogP contribution >= 0.6 is 36.6 Å². The molecule has 1 amide bonds. The number of piperidine rings is 1. The van der Waals surface area contributed by atoms with Crippen molar-refractivity contribution in [1.82, 2.24) is 20.2 Å². The van der Waals surface area contributed by atoms with E-state index in [1.165, 1.54) is 7.11 Å². The van der Waals surface area contributed by atoms with Gasteiger partial charge in [-0.3, -0.25) is 9.59 Å². The fraction of sp³-hybridized carbons (Fsp3) is 0.750. The van der Waals surface area contributed by atoms with Crippen LogP contribution in [-0.2, 0) is 14.9 Å². The Hall–Kier alpha value is -1.29. The summed E-state index contributed by atoms with van der Waals surface area (Å²) in [5.41, 5.74) is 0.253. The van der Waals surface area contributed by atoms with Crippen LogP contribution in [-0.4, -0.2) is 78.1 Å². The van der Waals surface area contributed by atoms with Crippen molar-refractivity contribution in [3.63, 3.8) is 0 Å². The first kappa shape index (κ1) is 33.7. The number of hydrogen-bond donors (Lipinski definition) is 2. The molecule has 1 aliphatic heterocycles. The van der Waals surface area contributed by atoms with Gasteiger partial charge in [0.25, 0.3) is 5.91 Å². The molecule has 2 heterocycles. The number of rotatable bonds is 10. The van der Waals surface area contributed by atoms with Crippen molar-refractivity contribution in [1.29, 1.82) is 0 Å². The van der Waals surface area contributed by atoms with Gasteiger partial charge >= 0.3 is 5.97 Å². The van der Waals surface area contributed by atoms with E-state index < -0.39 is 0 Å². The number of thioether (sulfide) groups is 1. The predicted octanol–water partition coefficient (Wildman–Crippen LogP) is 4.03. The lowest BCUT2D eigenvalue weighted by Gasteiger charge is -2.38. The standard InChI is InChI=1S/C24H41N5O3S.2ClH/c1-16(2)15-29(18-11-17(12-25-13-18)22(31)32-6)21(30)19-14-27-23(24(3,4)5)28-20(19)26-9-8-10-33-7;;/h14,16-18,25H,8-13,15H2,1-7H3,(H,26,27,28);2*1H/t17-,18+;;/m1../s1. The van der Waals surface area contributed by atoms with E-state index in [1.807, 2.05) is 4.90 Å². The quantitative estimate of drug-likeness (QED) is 0.332. The molecule has 1 aliphatic rings. The summed E-state index contributed by atoms with van der Waals surface area (Å²) in [6.45, 7) is 12.9.